The van der Waals surface area contributed by atoms with Crippen molar-refractivity contribution >= 4 is 17.8 Å². The summed E-state index contributed by atoms with van der Waals surface area (Å²) >= 11 is 0. The third-order valence-corrected chi connectivity index (χ3v) is 2.03. The largest absolute Gasteiger partial charge is 0.491 e. The van der Waals surface area contributed by atoms with Crippen LogP contribution in [0.4, 0.5) is 15.3 Å². The Bertz CT molecular complexity index is 435. The van der Waals surface area contributed by atoms with Gasteiger partial charge in [0.2, 0.25) is 0 Å². The zero-order chi connectivity index (χ0) is 14.8. The van der Waals surface area contributed by atoms with Crippen LogP contribution in [-0.2, 0) is 4.74 Å². The standard InChI is InChI=1S/C12H17N3O5/c1-2-19-12(18)15-14-11(17)13-9-3-5-10(6-4-9)20-8-7-16/h3-6,16H,2,7-8H2,1H3,(H,15,18)(H2,13,14,17). The number of rotatable bonds is 5. The van der Waals surface area contributed by atoms with Crippen molar-refractivity contribution in [2.45, 2.75) is 6.92 Å². The molecule has 0 atom stereocenters. The highest BCUT2D eigenvalue weighted by molar-refractivity contribution is 5.90. The fourth-order valence-electron chi connectivity index (χ4n) is 1.24. The fourth-order valence-corrected chi connectivity index (χ4v) is 1.24. The van der Waals surface area contributed by atoms with E-state index in [2.05, 4.69) is 20.9 Å². The Labute approximate surface area is 116 Å². The maximum atomic E-state index is 11.4. The van der Waals surface area contributed by atoms with E-state index in [0.717, 1.165) is 0 Å². The third kappa shape index (κ3) is 5.91. The van der Waals surface area contributed by atoms with Crippen LogP contribution >= 0.6 is 0 Å². The summed E-state index contributed by atoms with van der Waals surface area (Å²) in [7, 11) is 0. The molecule has 1 rings (SSSR count). The van der Waals surface area contributed by atoms with Crippen molar-refractivity contribution in [2.24, 2.45) is 0 Å². The lowest BCUT2D eigenvalue weighted by molar-refractivity contribution is 0.148. The van der Waals surface area contributed by atoms with E-state index in [1.807, 2.05) is 0 Å². The van der Waals surface area contributed by atoms with Gasteiger partial charge in [-0.05, 0) is 31.2 Å². The third-order valence-electron chi connectivity index (χ3n) is 2.03. The summed E-state index contributed by atoms with van der Waals surface area (Å²) in [5.74, 6) is 0.578. The molecule has 20 heavy (non-hydrogen) atoms. The molecule has 0 aliphatic heterocycles. The minimum atomic E-state index is -0.740. The summed E-state index contributed by atoms with van der Waals surface area (Å²) in [6.45, 7) is 2.00. The van der Waals surface area contributed by atoms with Crippen molar-refractivity contribution < 1.29 is 24.2 Å². The number of hydrogen-bond donors (Lipinski definition) is 4. The van der Waals surface area contributed by atoms with Gasteiger partial charge in [-0.3, -0.25) is 0 Å². The zero-order valence-electron chi connectivity index (χ0n) is 11.0. The maximum Gasteiger partial charge on any atom is 0.426 e. The number of hydrogen-bond acceptors (Lipinski definition) is 5. The van der Waals surface area contributed by atoms with E-state index in [0.29, 0.717) is 11.4 Å². The number of carbonyl (C=O) groups excluding carboxylic acids is 2. The van der Waals surface area contributed by atoms with E-state index >= 15 is 0 Å². The molecule has 0 saturated heterocycles. The summed E-state index contributed by atoms with van der Waals surface area (Å²) in [5, 5.41) is 11.1. The van der Waals surface area contributed by atoms with Gasteiger partial charge in [-0.25, -0.2) is 20.4 Å². The van der Waals surface area contributed by atoms with Crippen LogP contribution in [0, 0.1) is 0 Å². The molecule has 1 aromatic rings. The van der Waals surface area contributed by atoms with Gasteiger partial charge >= 0.3 is 12.1 Å². The highest BCUT2D eigenvalue weighted by Crippen LogP contribution is 2.15. The van der Waals surface area contributed by atoms with Crippen molar-refractivity contribution in [3.63, 3.8) is 0 Å². The second kappa shape index (κ2) is 8.59. The first kappa shape index (κ1) is 15.6. The van der Waals surface area contributed by atoms with Crippen LogP contribution in [-0.4, -0.2) is 37.1 Å². The van der Waals surface area contributed by atoms with E-state index in [-0.39, 0.29) is 19.8 Å². The Hall–Kier alpha value is -2.48. The Kier molecular flexibility index (Phi) is 6.69. The maximum absolute atomic E-state index is 11.4. The molecule has 8 heteroatoms. The Balaban J connectivity index is 2.36. The van der Waals surface area contributed by atoms with Crippen LogP contribution in [0.5, 0.6) is 5.75 Å². The molecule has 0 heterocycles. The lowest BCUT2D eigenvalue weighted by atomic mass is 10.3. The van der Waals surface area contributed by atoms with Crippen LogP contribution in [0.2, 0.25) is 0 Å². The topological polar surface area (TPSA) is 109 Å². The van der Waals surface area contributed by atoms with Gasteiger partial charge in [0.15, 0.2) is 0 Å². The van der Waals surface area contributed by atoms with Gasteiger partial charge in [-0.2, -0.15) is 0 Å². The molecule has 0 fully saturated rings. The molecular weight excluding hydrogens is 266 g/mol. The summed E-state index contributed by atoms with van der Waals surface area (Å²) in [6, 6.07) is 5.92. The van der Waals surface area contributed by atoms with Crippen molar-refractivity contribution in [3.8, 4) is 5.75 Å². The molecule has 0 saturated carbocycles. The van der Waals surface area contributed by atoms with Crippen LogP contribution in [0.3, 0.4) is 0 Å². The minimum absolute atomic E-state index is 0.0675. The number of ether oxygens (including phenoxy) is 2. The number of benzene rings is 1. The number of amides is 3. The number of aliphatic hydroxyl groups is 1. The van der Waals surface area contributed by atoms with Crippen molar-refractivity contribution in [2.75, 3.05) is 25.1 Å². The normalized spacial score (nSPS) is 9.50. The van der Waals surface area contributed by atoms with Crippen molar-refractivity contribution in [1.29, 1.82) is 0 Å². The van der Waals surface area contributed by atoms with E-state index < -0.39 is 12.1 Å². The van der Waals surface area contributed by atoms with Gasteiger partial charge in [-0.15, -0.1) is 0 Å². The van der Waals surface area contributed by atoms with Gasteiger partial charge in [0.05, 0.1) is 13.2 Å². The first-order chi connectivity index (χ1) is 9.65. The number of hydrazine groups is 1. The highest BCUT2D eigenvalue weighted by Gasteiger charge is 2.04. The molecular formula is C12H17N3O5. The lowest BCUT2D eigenvalue weighted by Crippen LogP contribution is -2.44. The Morgan fingerprint density at radius 1 is 1.20 bits per heavy atom. The summed E-state index contributed by atoms with van der Waals surface area (Å²) in [4.78, 5) is 22.4. The smallest absolute Gasteiger partial charge is 0.426 e. The van der Waals surface area contributed by atoms with Gasteiger partial charge < -0.3 is 19.9 Å². The molecule has 110 valence electrons. The first-order valence-corrected chi connectivity index (χ1v) is 5.99. The number of nitrogens with one attached hydrogen (secondary N) is 3. The predicted octanol–water partition coefficient (Wildman–Crippen LogP) is 0.840. The molecule has 0 bridgehead atoms. The van der Waals surface area contributed by atoms with Crippen LogP contribution in [0.1, 0.15) is 6.92 Å². The molecule has 0 radical (unpaired) electrons. The lowest BCUT2D eigenvalue weighted by Gasteiger charge is -2.09. The molecule has 1 aromatic carbocycles. The molecule has 0 aliphatic rings. The van der Waals surface area contributed by atoms with E-state index in [4.69, 9.17) is 9.84 Å². The van der Waals surface area contributed by atoms with E-state index in [9.17, 15) is 9.59 Å². The second-order valence-corrected chi connectivity index (χ2v) is 3.52. The monoisotopic (exact) mass is 283 g/mol. The van der Waals surface area contributed by atoms with E-state index in [1.165, 1.54) is 0 Å². The average molecular weight is 283 g/mol. The van der Waals surface area contributed by atoms with Gasteiger partial charge in [0.1, 0.15) is 12.4 Å². The number of anilines is 1. The SMILES string of the molecule is CCOC(=O)NNC(=O)Nc1ccc(OCCO)cc1. The van der Waals surface area contributed by atoms with E-state index in [1.54, 1.807) is 31.2 Å². The molecule has 0 aromatic heterocycles. The Morgan fingerprint density at radius 2 is 1.90 bits per heavy atom. The molecule has 0 unspecified atom stereocenters. The second-order valence-electron chi connectivity index (χ2n) is 3.52. The number of urea groups is 1. The molecule has 8 nitrogen and oxygen atoms in total. The fraction of sp³-hybridized carbons (Fsp3) is 0.333. The van der Waals surface area contributed by atoms with Gasteiger partial charge in [0, 0.05) is 5.69 Å². The Morgan fingerprint density at radius 3 is 2.50 bits per heavy atom. The van der Waals surface area contributed by atoms with Crippen LogP contribution in [0.15, 0.2) is 24.3 Å². The molecule has 0 spiro atoms. The number of carbonyl (C=O) groups is 2. The first-order valence-electron chi connectivity index (χ1n) is 5.99. The van der Waals surface area contributed by atoms with Crippen LogP contribution < -0.4 is 20.9 Å². The van der Waals surface area contributed by atoms with Crippen molar-refractivity contribution in [1.82, 2.24) is 10.9 Å². The quantitative estimate of drug-likeness (QED) is 0.599. The summed E-state index contributed by atoms with van der Waals surface area (Å²) in [6.07, 6.45) is -0.740. The van der Waals surface area contributed by atoms with Gasteiger partial charge in [0.25, 0.3) is 0 Å². The predicted molar refractivity (Wildman–Crippen MR) is 71.3 cm³/mol. The summed E-state index contributed by atoms with van der Waals surface area (Å²) < 4.78 is 9.74. The molecule has 4 N–H and O–H groups in total. The molecule has 0 aliphatic carbocycles. The highest BCUT2D eigenvalue weighted by atomic mass is 16.6. The van der Waals surface area contributed by atoms with Gasteiger partial charge in [-0.1, -0.05) is 0 Å². The zero-order valence-corrected chi connectivity index (χ0v) is 11.0. The molecule has 3 amide bonds. The summed E-state index contributed by atoms with van der Waals surface area (Å²) in [5.41, 5.74) is 4.71. The van der Waals surface area contributed by atoms with Crippen LogP contribution in [0.25, 0.3) is 0 Å². The van der Waals surface area contributed by atoms with Crippen molar-refractivity contribution in [3.05, 3.63) is 24.3 Å². The average Bonchev–Trinajstić information content (AvgIpc) is 2.45. The number of aliphatic hydroxyl groups excluding tert-OH is 1. The minimum Gasteiger partial charge on any atom is -0.491 e.